The van der Waals surface area contributed by atoms with Gasteiger partial charge in [0.1, 0.15) is 11.6 Å². The average molecular weight is 260 g/mol. The Morgan fingerprint density at radius 1 is 1.21 bits per heavy atom. The molecule has 0 radical (unpaired) electrons. The van der Waals surface area contributed by atoms with Crippen molar-refractivity contribution < 1.29 is 0 Å². The fraction of sp³-hybridized carbons (Fsp3) is 0.538. The van der Waals surface area contributed by atoms with Crippen LogP contribution in [0.2, 0.25) is 0 Å². The molecule has 2 aromatic rings. The number of anilines is 1. The lowest BCUT2D eigenvalue weighted by Gasteiger charge is -2.26. The fourth-order valence-electron chi connectivity index (χ4n) is 2.34. The van der Waals surface area contributed by atoms with Gasteiger partial charge in [0.25, 0.3) is 0 Å². The number of nitrogens with zero attached hydrogens (tertiary/aromatic N) is 4. The topological polar surface area (TPSA) is 60.1 Å². The summed E-state index contributed by atoms with van der Waals surface area (Å²) in [4.78, 5) is 16.9. The van der Waals surface area contributed by atoms with Crippen molar-refractivity contribution in [2.24, 2.45) is 0 Å². The standard InChI is InChI=1S/C13H20N6/c1-18(2)12-4-3-10-13(17-12)16-11(15-10)9-19-7-5-14-6-8-19/h3-4,14H,5-9H2,1-2H3,(H,15,16,17). The van der Waals surface area contributed by atoms with E-state index >= 15 is 0 Å². The van der Waals surface area contributed by atoms with E-state index in [1.165, 1.54) is 0 Å². The Labute approximate surface area is 112 Å². The summed E-state index contributed by atoms with van der Waals surface area (Å²) in [7, 11) is 3.98. The zero-order valence-electron chi connectivity index (χ0n) is 11.5. The third-order valence-electron chi connectivity index (χ3n) is 3.42. The average Bonchev–Trinajstić information content (AvgIpc) is 2.80. The molecule has 6 nitrogen and oxygen atoms in total. The molecule has 19 heavy (non-hydrogen) atoms. The number of hydrogen-bond acceptors (Lipinski definition) is 5. The van der Waals surface area contributed by atoms with E-state index in [1.807, 2.05) is 31.1 Å². The lowest BCUT2D eigenvalue weighted by Crippen LogP contribution is -2.43. The van der Waals surface area contributed by atoms with Crippen LogP contribution in [-0.2, 0) is 6.54 Å². The van der Waals surface area contributed by atoms with Crippen LogP contribution < -0.4 is 10.2 Å². The second kappa shape index (κ2) is 5.14. The van der Waals surface area contributed by atoms with Gasteiger partial charge in [-0.15, -0.1) is 0 Å². The molecule has 2 aromatic heterocycles. The van der Waals surface area contributed by atoms with Crippen molar-refractivity contribution in [3.63, 3.8) is 0 Å². The van der Waals surface area contributed by atoms with Gasteiger partial charge >= 0.3 is 0 Å². The molecule has 2 N–H and O–H groups in total. The first-order valence-corrected chi connectivity index (χ1v) is 6.68. The van der Waals surface area contributed by atoms with E-state index in [0.717, 1.165) is 55.5 Å². The summed E-state index contributed by atoms with van der Waals surface area (Å²) in [5, 5.41) is 3.36. The molecule has 1 fully saturated rings. The van der Waals surface area contributed by atoms with E-state index < -0.39 is 0 Å². The van der Waals surface area contributed by atoms with Crippen molar-refractivity contribution in [2.75, 3.05) is 45.2 Å². The fourth-order valence-corrected chi connectivity index (χ4v) is 2.34. The highest BCUT2D eigenvalue weighted by atomic mass is 15.2. The molecular weight excluding hydrogens is 240 g/mol. The molecule has 3 rings (SSSR count). The minimum absolute atomic E-state index is 0.802. The predicted molar refractivity (Wildman–Crippen MR) is 76.4 cm³/mol. The van der Waals surface area contributed by atoms with Crippen molar-refractivity contribution in [1.82, 2.24) is 25.2 Å². The Kier molecular flexibility index (Phi) is 3.35. The van der Waals surface area contributed by atoms with Crippen LogP contribution in [0, 0.1) is 0 Å². The molecule has 1 saturated heterocycles. The van der Waals surface area contributed by atoms with Gasteiger partial charge in [0.2, 0.25) is 0 Å². The quantitative estimate of drug-likeness (QED) is 0.838. The Morgan fingerprint density at radius 3 is 2.74 bits per heavy atom. The second-order valence-electron chi connectivity index (χ2n) is 5.14. The van der Waals surface area contributed by atoms with Gasteiger partial charge in [0.05, 0.1) is 12.1 Å². The van der Waals surface area contributed by atoms with Gasteiger partial charge < -0.3 is 15.2 Å². The minimum Gasteiger partial charge on any atom is -0.363 e. The number of nitrogens with one attached hydrogen (secondary N) is 2. The summed E-state index contributed by atoms with van der Waals surface area (Å²) >= 11 is 0. The van der Waals surface area contributed by atoms with E-state index in [0.29, 0.717) is 0 Å². The molecule has 0 spiro atoms. The molecule has 0 aromatic carbocycles. The third-order valence-corrected chi connectivity index (χ3v) is 3.42. The maximum absolute atomic E-state index is 4.59. The first-order valence-electron chi connectivity index (χ1n) is 6.68. The molecule has 0 amide bonds. The zero-order valence-corrected chi connectivity index (χ0v) is 11.5. The summed E-state index contributed by atoms with van der Waals surface area (Å²) in [5.74, 6) is 1.94. The highest BCUT2D eigenvalue weighted by Crippen LogP contribution is 2.15. The van der Waals surface area contributed by atoms with Crippen LogP contribution in [0.5, 0.6) is 0 Å². The number of hydrogen-bond donors (Lipinski definition) is 2. The Morgan fingerprint density at radius 2 is 2.00 bits per heavy atom. The molecule has 0 saturated carbocycles. The highest BCUT2D eigenvalue weighted by molar-refractivity contribution is 5.73. The lowest BCUT2D eigenvalue weighted by atomic mass is 10.3. The van der Waals surface area contributed by atoms with Crippen LogP contribution in [0.15, 0.2) is 12.1 Å². The number of pyridine rings is 1. The van der Waals surface area contributed by atoms with Gasteiger partial charge in [-0.1, -0.05) is 0 Å². The smallest absolute Gasteiger partial charge is 0.179 e. The van der Waals surface area contributed by atoms with Gasteiger partial charge in [-0.3, -0.25) is 4.90 Å². The molecule has 1 aliphatic heterocycles. The normalized spacial score (nSPS) is 16.9. The van der Waals surface area contributed by atoms with Crippen LogP contribution in [0.4, 0.5) is 5.82 Å². The Hall–Kier alpha value is -1.66. The number of imidazole rings is 1. The number of aromatic nitrogens is 3. The molecule has 0 bridgehead atoms. The van der Waals surface area contributed by atoms with Crippen LogP contribution in [0.25, 0.3) is 11.2 Å². The highest BCUT2D eigenvalue weighted by Gasteiger charge is 2.13. The molecule has 0 atom stereocenters. The van der Waals surface area contributed by atoms with E-state index in [-0.39, 0.29) is 0 Å². The summed E-state index contributed by atoms with van der Waals surface area (Å²) in [6, 6.07) is 4.06. The molecule has 1 aliphatic rings. The molecule has 3 heterocycles. The number of aromatic amines is 1. The maximum atomic E-state index is 4.59. The van der Waals surface area contributed by atoms with Crippen molar-refractivity contribution in [3.05, 3.63) is 18.0 Å². The molecular formula is C13H20N6. The van der Waals surface area contributed by atoms with Gasteiger partial charge in [0, 0.05) is 40.3 Å². The maximum Gasteiger partial charge on any atom is 0.179 e. The predicted octanol–water partition coefficient (Wildman–Crippen LogP) is 0.429. The Balaban J connectivity index is 1.80. The van der Waals surface area contributed by atoms with Crippen molar-refractivity contribution in [2.45, 2.75) is 6.54 Å². The van der Waals surface area contributed by atoms with Crippen molar-refractivity contribution >= 4 is 17.0 Å². The van der Waals surface area contributed by atoms with E-state index in [2.05, 4.69) is 25.2 Å². The van der Waals surface area contributed by atoms with Gasteiger partial charge in [-0.25, -0.2) is 9.97 Å². The summed E-state index contributed by atoms with van der Waals surface area (Å²) in [6.07, 6.45) is 0. The van der Waals surface area contributed by atoms with Crippen LogP contribution in [-0.4, -0.2) is 60.1 Å². The number of rotatable bonds is 3. The van der Waals surface area contributed by atoms with Gasteiger partial charge in [-0.05, 0) is 12.1 Å². The second-order valence-corrected chi connectivity index (χ2v) is 5.14. The van der Waals surface area contributed by atoms with E-state index in [9.17, 15) is 0 Å². The van der Waals surface area contributed by atoms with Crippen LogP contribution >= 0.6 is 0 Å². The van der Waals surface area contributed by atoms with E-state index in [4.69, 9.17) is 0 Å². The molecule has 6 heteroatoms. The van der Waals surface area contributed by atoms with Crippen molar-refractivity contribution in [3.8, 4) is 0 Å². The van der Waals surface area contributed by atoms with E-state index in [1.54, 1.807) is 0 Å². The number of fused-ring (bicyclic) bond motifs is 1. The van der Waals surface area contributed by atoms with Crippen LogP contribution in [0.3, 0.4) is 0 Å². The van der Waals surface area contributed by atoms with Gasteiger partial charge in [-0.2, -0.15) is 0 Å². The van der Waals surface area contributed by atoms with Gasteiger partial charge in [0.15, 0.2) is 5.65 Å². The molecule has 0 unspecified atom stereocenters. The Bertz CT molecular complexity index is 555. The largest absolute Gasteiger partial charge is 0.363 e. The number of piperazine rings is 1. The summed E-state index contributed by atoms with van der Waals surface area (Å²) in [6.45, 7) is 5.14. The zero-order chi connectivity index (χ0) is 13.2. The minimum atomic E-state index is 0.802. The monoisotopic (exact) mass is 260 g/mol. The first kappa shape index (κ1) is 12.4. The SMILES string of the molecule is CN(C)c1ccc2[nH]c(CN3CCNCC3)nc2n1. The third kappa shape index (κ3) is 2.69. The molecule has 0 aliphatic carbocycles. The lowest BCUT2D eigenvalue weighted by molar-refractivity contribution is 0.229. The first-order chi connectivity index (χ1) is 9.22. The summed E-state index contributed by atoms with van der Waals surface area (Å²) < 4.78 is 0. The van der Waals surface area contributed by atoms with Crippen LogP contribution in [0.1, 0.15) is 5.82 Å². The molecule has 102 valence electrons. The number of H-pyrrole nitrogens is 1. The summed E-state index contributed by atoms with van der Waals surface area (Å²) in [5.41, 5.74) is 1.81. The van der Waals surface area contributed by atoms with Crippen molar-refractivity contribution in [1.29, 1.82) is 0 Å².